The summed E-state index contributed by atoms with van der Waals surface area (Å²) in [5, 5.41) is 3.20. The minimum absolute atomic E-state index is 0. The molecule has 0 saturated carbocycles. The van der Waals surface area contributed by atoms with Crippen molar-refractivity contribution in [1.29, 1.82) is 0 Å². The zero-order chi connectivity index (χ0) is 13.0. The Balaban J connectivity index is 0.00000180. The number of halogens is 2. The van der Waals surface area contributed by atoms with Gasteiger partial charge in [0.15, 0.2) is 0 Å². The number of piperidine rings is 1. The summed E-state index contributed by atoms with van der Waals surface area (Å²) in [6.45, 7) is 4.67. The van der Waals surface area contributed by atoms with Crippen LogP contribution in [0.5, 0.6) is 0 Å². The summed E-state index contributed by atoms with van der Waals surface area (Å²) >= 11 is 0. The van der Waals surface area contributed by atoms with E-state index in [-0.39, 0.29) is 30.7 Å². The fourth-order valence-corrected chi connectivity index (χ4v) is 2.56. The Morgan fingerprint density at radius 2 is 2.20 bits per heavy atom. The van der Waals surface area contributed by atoms with Crippen molar-refractivity contribution in [3.63, 3.8) is 0 Å². The Morgan fingerprint density at radius 1 is 1.45 bits per heavy atom. The van der Waals surface area contributed by atoms with Crippen LogP contribution in [0, 0.1) is 12.8 Å². The first kappa shape index (κ1) is 19.2. The predicted molar refractivity (Wildman–Crippen MR) is 86.0 cm³/mol. The van der Waals surface area contributed by atoms with E-state index < -0.39 is 0 Å². The number of rotatable bonds is 3. The van der Waals surface area contributed by atoms with Gasteiger partial charge in [-0.1, -0.05) is 0 Å². The highest BCUT2D eigenvalue weighted by atomic mass is 35.5. The highest BCUT2D eigenvalue weighted by molar-refractivity contribution is 5.94. The molecule has 2 heterocycles. The van der Waals surface area contributed by atoms with E-state index in [1.54, 1.807) is 12.4 Å². The molecule has 1 N–H and O–H groups in total. The van der Waals surface area contributed by atoms with Gasteiger partial charge in [-0.3, -0.25) is 9.78 Å². The number of carbonyl (C=O) groups is 1. The fourth-order valence-electron chi connectivity index (χ4n) is 2.56. The quantitative estimate of drug-likeness (QED) is 0.929. The van der Waals surface area contributed by atoms with Gasteiger partial charge in [0, 0.05) is 25.5 Å². The Labute approximate surface area is 133 Å². The molecule has 0 aliphatic carbocycles. The van der Waals surface area contributed by atoms with E-state index >= 15 is 0 Å². The highest BCUT2D eigenvalue weighted by Crippen LogP contribution is 2.18. The van der Waals surface area contributed by atoms with Gasteiger partial charge in [0.05, 0.1) is 5.56 Å². The molecular formula is C14H23Cl2N3O. The van der Waals surface area contributed by atoms with Gasteiger partial charge < -0.3 is 10.2 Å². The van der Waals surface area contributed by atoms with Crippen molar-refractivity contribution in [2.75, 3.05) is 26.7 Å². The lowest BCUT2D eigenvalue weighted by molar-refractivity contribution is 0.0673. The number of carbonyl (C=O) groups excluding carboxylic acids is 1. The van der Waals surface area contributed by atoms with Crippen LogP contribution in [0.3, 0.4) is 0 Å². The second-order valence-corrected chi connectivity index (χ2v) is 5.07. The van der Waals surface area contributed by atoms with Crippen LogP contribution < -0.4 is 5.32 Å². The monoisotopic (exact) mass is 319 g/mol. The standard InChI is InChI=1S/C14H21N3O.2ClH/c1-11-6-13(9-16-7-11)14(18)17-5-3-4-12(10-17)8-15-2;;/h6-7,9,12,15H,3-5,8,10H2,1-2H3;2*1H. The Hall–Kier alpha value is -0.840. The number of aryl methyl sites for hydroxylation is 1. The van der Waals surface area contributed by atoms with E-state index in [9.17, 15) is 4.79 Å². The second-order valence-electron chi connectivity index (χ2n) is 5.07. The maximum atomic E-state index is 12.4. The largest absolute Gasteiger partial charge is 0.338 e. The Bertz CT molecular complexity index is 427. The number of nitrogens with one attached hydrogen (secondary N) is 1. The van der Waals surface area contributed by atoms with Gasteiger partial charge in [-0.25, -0.2) is 0 Å². The van der Waals surface area contributed by atoms with Crippen LogP contribution in [-0.2, 0) is 0 Å². The van der Waals surface area contributed by atoms with Crippen LogP contribution in [0.1, 0.15) is 28.8 Å². The highest BCUT2D eigenvalue weighted by Gasteiger charge is 2.24. The molecule has 1 amide bonds. The van der Waals surface area contributed by atoms with Gasteiger partial charge in [-0.05, 0) is 50.9 Å². The average Bonchev–Trinajstić information content (AvgIpc) is 2.39. The van der Waals surface area contributed by atoms with Crippen molar-refractivity contribution in [2.45, 2.75) is 19.8 Å². The van der Waals surface area contributed by atoms with Crippen LogP contribution in [0.4, 0.5) is 0 Å². The van der Waals surface area contributed by atoms with E-state index in [4.69, 9.17) is 0 Å². The third-order valence-corrected chi connectivity index (χ3v) is 3.42. The van der Waals surface area contributed by atoms with Gasteiger partial charge >= 0.3 is 0 Å². The van der Waals surface area contributed by atoms with E-state index in [2.05, 4.69) is 10.3 Å². The van der Waals surface area contributed by atoms with Gasteiger partial charge in [-0.15, -0.1) is 24.8 Å². The summed E-state index contributed by atoms with van der Waals surface area (Å²) in [5.74, 6) is 0.692. The smallest absolute Gasteiger partial charge is 0.255 e. The van der Waals surface area contributed by atoms with E-state index in [1.165, 1.54) is 6.42 Å². The molecule has 1 atom stereocenters. The molecule has 1 saturated heterocycles. The third-order valence-electron chi connectivity index (χ3n) is 3.42. The summed E-state index contributed by atoms with van der Waals surface area (Å²) in [6, 6.07) is 1.91. The summed E-state index contributed by atoms with van der Waals surface area (Å²) in [4.78, 5) is 18.4. The Morgan fingerprint density at radius 3 is 2.85 bits per heavy atom. The summed E-state index contributed by atoms with van der Waals surface area (Å²) < 4.78 is 0. The average molecular weight is 320 g/mol. The molecule has 114 valence electrons. The van der Waals surface area contributed by atoms with Crippen LogP contribution >= 0.6 is 24.8 Å². The molecule has 4 nitrogen and oxygen atoms in total. The zero-order valence-electron chi connectivity index (χ0n) is 12.0. The summed E-state index contributed by atoms with van der Waals surface area (Å²) in [7, 11) is 1.96. The molecule has 1 unspecified atom stereocenters. The molecule has 1 aromatic heterocycles. The predicted octanol–water partition coefficient (Wildman–Crippen LogP) is 2.31. The summed E-state index contributed by atoms with van der Waals surface area (Å²) in [6.07, 6.45) is 5.74. The van der Waals surface area contributed by atoms with Crippen molar-refractivity contribution in [3.05, 3.63) is 29.6 Å². The van der Waals surface area contributed by atoms with Crippen molar-refractivity contribution in [2.24, 2.45) is 5.92 Å². The van der Waals surface area contributed by atoms with Crippen molar-refractivity contribution in [3.8, 4) is 0 Å². The number of aromatic nitrogens is 1. The van der Waals surface area contributed by atoms with Crippen molar-refractivity contribution >= 4 is 30.7 Å². The molecule has 1 aliphatic rings. The number of amides is 1. The molecule has 6 heteroatoms. The molecule has 20 heavy (non-hydrogen) atoms. The zero-order valence-corrected chi connectivity index (χ0v) is 13.6. The normalized spacial score (nSPS) is 17.9. The molecule has 2 rings (SSSR count). The summed E-state index contributed by atoms with van der Waals surface area (Å²) in [5.41, 5.74) is 1.74. The topological polar surface area (TPSA) is 45.2 Å². The first-order valence-electron chi connectivity index (χ1n) is 6.56. The van der Waals surface area contributed by atoms with Gasteiger partial charge in [0.2, 0.25) is 0 Å². The van der Waals surface area contributed by atoms with Crippen LogP contribution in [0.2, 0.25) is 0 Å². The lowest BCUT2D eigenvalue weighted by Gasteiger charge is -2.32. The number of likely N-dealkylation sites (tertiary alicyclic amines) is 1. The SMILES string of the molecule is CNCC1CCCN(C(=O)c2cncc(C)c2)C1.Cl.Cl. The first-order chi connectivity index (χ1) is 8.70. The minimum atomic E-state index is 0. The second kappa shape index (κ2) is 9.16. The number of nitrogens with zero attached hydrogens (tertiary/aromatic N) is 2. The molecule has 0 aromatic carbocycles. The lowest BCUT2D eigenvalue weighted by atomic mass is 9.97. The van der Waals surface area contributed by atoms with Crippen LogP contribution in [0.25, 0.3) is 0 Å². The molecule has 1 aromatic rings. The van der Waals surface area contributed by atoms with Gasteiger partial charge in [0.1, 0.15) is 0 Å². The maximum absolute atomic E-state index is 12.4. The van der Waals surface area contributed by atoms with E-state index in [0.29, 0.717) is 11.5 Å². The molecule has 0 bridgehead atoms. The van der Waals surface area contributed by atoms with E-state index in [1.807, 2.05) is 24.9 Å². The minimum Gasteiger partial charge on any atom is -0.338 e. The number of hydrogen-bond acceptors (Lipinski definition) is 3. The van der Waals surface area contributed by atoms with Gasteiger partial charge in [-0.2, -0.15) is 0 Å². The molecular weight excluding hydrogens is 297 g/mol. The van der Waals surface area contributed by atoms with Crippen LogP contribution in [-0.4, -0.2) is 42.5 Å². The maximum Gasteiger partial charge on any atom is 0.255 e. The Kier molecular flexibility index (Phi) is 8.78. The fraction of sp³-hybridized carbons (Fsp3) is 0.571. The molecule has 0 spiro atoms. The molecule has 1 aliphatic heterocycles. The van der Waals surface area contributed by atoms with Crippen LogP contribution in [0.15, 0.2) is 18.5 Å². The first-order valence-corrected chi connectivity index (χ1v) is 6.56. The number of hydrogen-bond donors (Lipinski definition) is 1. The molecule has 0 radical (unpaired) electrons. The number of pyridine rings is 1. The van der Waals surface area contributed by atoms with E-state index in [0.717, 1.165) is 31.6 Å². The third kappa shape index (κ3) is 4.93. The van der Waals surface area contributed by atoms with Crippen molar-refractivity contribution < 1.29 is 4.79 Å². The van der Waals surface area contributed by atoms with Gasteiger partial charge in [0.25, 0.3) is 5.91 Å². The molecule has 1 fully saturated rings. The lowest BCUT2D eigenvalue weighted by Crippen LogP contribution is -2.42. The van der Waals surface area contributed by atoms with Crippen molar-refractivity contribution in [1.82, 2.24) is 15.2 Å².